The first-order valence-corrected chi connectivity index (χ1v) is 11.5. The van der Waals surface area contributed by atoms with E-state index >= 15 is 0 Å². The number of hydrogen-bond donors (Lipinski definition) is 1. The molecular formula is C24H25FN2O3S. The fraction of sp³-hybridized carbons (Fsp3) is 0.208. The van der Waals surface area contributed by atoms with Crippen molar-refractivity contribution >= 4 is 21.6 Å². The van der Waals surface area contributed by atoms with E-state index in [1.165, 1.54) is 17.7 Å². The van der Waals surface area contributed by atoms with Crippen molar-refractivity contribution in [3.63, 3.8) is 0 Å². The molecule has 3 aromatic rings. The van der Waals surface area contributed by atoms with Crippen molar-refractivity contribution < 1.29 is 17.6 Å². The van der Waals surface area contributed by atoms with Crippen molar-refractivity contribution in [2.24, 2.45) is 0 Å². The average molecular weight is 441 g/mol. The largest absolute Gasteiger partial charge is 0.355 e. The van der Waals surface area contributed by atoms with Crippen molar-refractivity contribution in [2.75, 3.05) is 17.4 Å². The highest BCUT2D eigenvalue weighted by molar-refractivity contribution is 7.92. The van der Waals surface area contributed by atoms with Gasteiger partial charge in [0.1, 0.15) is 12.4 Å². The first kappa shape index (κ1) is 22.5. The van der Waals surface area contributed by atoms with E-state index in [-0.39, 0.29) is 11.4 Å². The number of aryl methyl sites for hydroxylation is 2. The lowest BCUT2D eigenvalue weighted by Gasteiger charge is -2.24. The van der Waals surface area contributed by atoms with Gasteiger partial charge in [0, 0.05) is 6.54 Å². The standard InChI is InChI=1S/C24H25FN2O3S/c1-19-9-13-22(14-10-19)27(31(29,30)23-15-11-21(25)12-16-23)18-24(28)26-17-5-8-20-6-3-2-4-7-20/h2-4,6-7,9-16H,5,8,17-18H2,1H3,(H,26,28). The Balaban J connectivity index is 1.71. The van der Waals surface area contributed by atoms with Crippen molar-refractivity contribution in [1.29, 1.82) is 0 Å². The van der Waals surface area contributed by atoms with E-state index in [0.29, 0.717) is 12.2 Å². The van der Waals surface area contributed by atoms with Crippen LogP contribution in [0.5, 0.6) is 0 Å². The second-order valence-corrected chi connectivity index (χ2v) is 9.10. The third kappa shape index (κ3) is 6.15. The molecule has 7 heteroatoms. The lowest BCUT2D eigenvalue weighted by Crippen LogP contribution is -2.41. The number of rotatable bonds is 9. The van der Waals surface area contributed by atoms with Gasteiger partial charge in [0.25, 0.3) is 10.0 Å². The maximum Gasteiger partial charge on any atom is 0.264 e. The van der Waals surface area contributed by atoms with Gasteiger partial charge in [0.05, 0.1) is 10.6 Å². The van der Waals surface area contributed by atoms with Gasteiger partial charge < -0.3 is 5.32 Å². The Bertz CT molecular complexity index is 1100. The number of amides is 1. The minimum atomic E-state index is -4.05. The predicted octanol–water partition coefficient (Wildman–Crippen LogP) is 4.08. The van der Waals surface area contributed by atoms with Crippen LogP contribution in [0.1, 0.15) is 17.5 Å². The summed E-state index contributed by atoms with van der Waals surface area (Å²) >= 11 is 0. The molecule has 0 heterocycles. The quantitative estimate of drug-likeness (QED) is 0.510. The van der Waals surface area contributed by atoms with Crippen molar-refractivity contribution in [2.45, 2.75) is 24.7 Å². The Morgan fingerprint density at radius 3 is 2.23 bits per heavy atom. The molecule has 0 atom stereocenters. The van der Waals surface area contributed by atoms with E-state index < -0.39 is 21.7 Å². The Kier molecular flexibility index (Phi) is 7.41. The molecule has 1 amide bonds. The molecule has 0 saturated heterocycles. The number of carbonyl (C=O) groups excluding carboxylic acids is 1. The summed E-state index contributed by atoms with van der Waals surface area (Å²) in [6.45, 7) is 1.96. The number of benzene rings is 3. The molecule has 3 rings (SSSR count). The van der Waals surface area contributed by atoms with Gasteiger partial charge in [-0.3, -0.25) is 9.10 Å². The van der Waals surface area contributed by atoms with Crippen LogP contribution < -0.4 is 9.62 Å². The lowest BCUT2D eigenvalue weighted by molar-refractivity contribution is -0.119. The van der Waals surface area contributed by atoms with E-state index in [2.05, 4.69) is 5.32 Å². The van der Waals surface area contributed by atoms with E-state index in [4.69, 9.17) is 0 Å². The Morgan fingerprint density at radius 2 is 1.58 bits per heavy atom. The van der Waals surface area contributed by atoms with E-state index in [0.717, 1.165) is 34.8 Å². The summed E-state index contributed by atoms with van der Waals surface area (Å²) in [6, 6.07) is 21.4. The minimum absolute atomic E-state index is 0.0775. The Labute approximate surface area is 182 Å². The van der Waals surface area contributed by atoms with E-state index in [1.54, 1.807) is 24.3 Å². The van der Waals surface area contributed by atoms with Crippen LogP contribution in [0.4, 0.5) is 10.1 Å². The fourth-order valence-corrected chi connectivity index (χ4v) is 4.53. The summed E-state index contributed by atoms with van der Waals surface area (Å²) in [5.74, 6) is -0.934. The second-order valence-electron chi connectivity index (χ2n) is 7.24. The van der Waals surface area contributed by atoms with E-state index in [9.17, 15) is 17.6 Å². The molecule has 0 aliphatic rings. The zero-order valence-electron chi connectivity index (χ0n) is 17.3. The summed E-state index contributed by atoms with van der Waals surface area (Å²) in [5.41, 5.74) is 2.51. The highest BCUT2D eigenvalue weighted by Gasteiger charge is 2.27. The average Bonchev–Trinajstić information content (AvgIpc) is 2.77. The first-order chi connectivity index (χ1) is 14.9. The molecule has 0 unspecified atom stereocenters. The molecule has 3 aromatic carbocycles. The molecule has 162 valence electrons. The van der Waals surface area contributed by atoms with Crippen molar-refractivity contribution in [3.8, 4) is 0 Å². The van der Waals surface area contributed by atoms with Gasteiger partial charge >= 0.3 is 0 Å². The first-order valence-electron chi connectivity index (χ1n) is 10.0. The van der Waals surface area contributed by atoms with Crippen LogP contribution in [-0.2, 0) is 21.2 Å². The monoisotopic (exact) mass is 440 g/mol. The van der Waals surface area contributed by atoms with Gasteiger partial charge in [-0.15, -0.1) is 0 Å². The number of anilines is 1. The van der Waals surface area contributed by atoms with Crippen LogP contribution in [0.2, 0.25) is 0 Å². The van der Waals surface area contributed by atoms with Crippen LogP contribution in [-0.4, -0.2) is 27.4 Å². The number of halogens is 1. The number of nitrogens with one attached hydrogen (secondary N) is 1. The number of nitrogens with zero attached hydrogens (tertiary/aromatic N) is 1. The second kappa shape index (κ2) is 10.2. The third-order valence-electron chi connectivity index (χ3n) is 4.82. The number of carbonyl (C=O) groups is 1. The molecule has 0 bridgehead atoms. The zero-order chi connectivity index (χ0) is 22.3. The molecule has 0 fully saturated rings. The van der Waals surface area contributed by atoms with Crippen LogP contribution >= 0.6 is 0 Å². The highest BCUT2D eigenvalue weighted by atomic mass is 32.2. The Hall–Kier alpha value is -3.19. The summed E-state index contributed by atoms with van der Waals surface area (Å²) in [5, 5.41) is 2.79. The molecule has 0 saturated carbocycles. The van der Waals surface area contributed by atoms with Crippen molar-refractivity contribution in [1.82, 2.24) is 5.32 Å². The van der Waals surface area contributed by atoms with Crippen molar-refractivity contribution in [3.05, 3.63) is 95.8 Å². The summed E-state index contributed by atoms with van der Waals surface area (Å²) in [4.78, 5) is 12.5. The van der Waals surface area contributed by atoms with Crippen LogP contribution in [0.25, 0.3) is 0 Å². The van der Waals surface area contributed by atoms with Gasteiger partial charge in [-0.25, -0.2) is 12.8 Å². The highest BCUT2D eigenvalue weighted by Crippen LogP contribution is 2.24. The maximum absolute atomic E-state index is 13.3. The summed E-state index contributed by atoms with van der Waals surface area (Å²) in [7, 11) is -4.05. The lowest BCUT2D eigenvalue weighted by atomic mass is 10.1. The van der Waals surface area contributed by atoms with Crippen LogP contribution in [0, 0.1) is 12.7 Å². The summed E-state index contributed by atoms with van der Waals surface area (Å²) in [6.07, 6.45) is 1.56. The van der Waals surface area contributed by atoms with Gasteiger partial charge in [-0.05, 0) is 61.7 Å². The fourth-order valence-electron chi connectivity index (χ4n) is 3.11. The van der Waals surface area contributed by atoms with Crippen LogP contribution in [0.15, 0.2) is 83.8 Å². The van der Waals surface area contributed by atoms with Crippen LogP contribution in [0.3, 0.4) is 0 Å². The number of hydrogen-bond acceptors (Lipinski definition) is 3. The van der Waals surface area contributed by atoms with Gasteiger partial charge in [-0.2, -0.15) is 0 Å². The third-order valence-corrected chi connectivity index (χ3v) is 6.61. The van der Waals surface area contributed by atoms with Gasteiger partial charge in [-0.1, -0.05) is 48.0 Å². The molecule has 31 heavy (non-hydrogen) atoms. The normalized spacial score (nSPS) is 11.2. The molecule has 0 aliphatic heterocycles. The van der Waals surface area contributed by atoms with Gasteiger partial charge in [0.15, 0.2) is 0 Å². The minimum Gasteiger partial charge on any atom is -0.355 e. The topological polar surface area (TPSA) is 66.5 Å². The molecule has 1 N–H and O–H groups in total. The Morgan fingerprint density at radius 1 is 0.935 bits per heavy atom. The van der Waals surface area contributed by atoms with Gasteiger partial charge in [0.2, 0.25) is 5.91 Å². The molecule has 5 nitrogen and oxygen atoms in total. The zero-order valence-corrected chi connectivity index (χ0v) is 18.1. The summed E-state index contributed by atoms with van der Waals surface area (Å²) < 4.78 is 40.7. The molecular weight excluding hydrogens is 415 g/mol. The molecule has 0 radical (unpaired) electrons. The molecule has 0 aliphatic carbocycles. The predicted molar refractivity (Wildman–Crippen MR) is 120 cm³/mol. The SMILES string of the molecule is Cc1ccc(N(CC(=O)NCCCc2ccccc2)S(=O)(=O)c2ccc(F)cc2)cc1. The molecule has 0 spiro atoms. The smallest absolute Gasteiger partial charge is 0.264 e. The number of sulfonamides is 1. The van der Waals surface area contributed by atoms with E-state index in [1.807, 2.05) is 37.3 Å². The maximum atomic E-state index is 13.3. The molecule has 0 aromatic heterocycles.